The van der Waals surface area contributed by atoms with Crippen molar-refractivity contribution < 1.29 is 13.9 Å². The van der Waals surface area contributed by atoms with E-state index in [-0.39, 0.29) is 16.8 Å². The van der Waals surface area contributed by atoms with Gasteiger partial charge in [-0.15, -0.1) is 0 Å². The van der Waals surface area contributed by atoms with Crippen LogP contribution in [0.25, 0.3) is 10.9 Å². The lowest BCUT2D eigenvalue weighted by molar-refractivity contribution is 0.0240. The molecule has 1 aliphatic rings. The fourth-order valence-electron chi connectivity index (χ4n) is 3.11. The number of benzene rings is 1. The van der Waals surface area contributed by atoms with Gasteiger partial charge in [-0.3, -0.25) is 0 Å². The second kappa shape index (κ2) is 7.72. The Hall–Kier alpha value is -2.11. The minimum atomic E-state index is -0.569. The highest BCUT2D eigenvalue weighted by molar-refractivity contribution is 9.10. The summed E-state index contributed by atoms with van der Waals surface area (Å²) < 4.78 is 19.9. The number of pyridine rings is 1. The van der Waals surface area contributed by atoms with Gasteiger partial charge in [0, 0.05) is 36.0 Å². The molecule has 0 aliphatic carbocycles. The lowest BCUT2D eigenvalue weighted by atomic mass is 10.1. The van der Waals surface area contributed by atoms with Crippen LogP contribution in [0.3, 0.4) is 0 Å². The average Bonchev–Trinajstić information content (AvgIpc) is 2.60. The van der Waals surface area contributed by atoms with Crippen LogP contribution in [-0.2, 0) is 4.74 Å². The number of carbonyl (C=O) groups excluding carboxylic acids is 1. The molecule has 9 heteroatoms. The van der Waals surface area contributed by atoms with Crippen molar-refractivity contribution in [2.24, 2.45) is 0 Å². The number of amides is 1. The van der Waals surface area contributed by atoms with Gasteiger partial charge in [-0.25, -0.2) is 14.2 Å². The van der Waals surface area contributed by atoms with Crippen LogP contribution in [0.2, 0.25) is 5.15 Å². The Bertz CT molecular complexity index is 979. The van der Waals surface area contributed by atoms with Gasteiger partial charge in [-0.2, -0.15) is 5.26 Å². The topological polar surface area (TPSA) is 69.5 Å². The van der Waals surface area contributed by atoms with Crippen LogP contribution in [0, 0.1) is 17.1 Å². The monoisotopic (exact) mass is 468 g/mol. The van der Waals surface area contributed by atoms with Crippen molar-refractivity contribution in [3.63, 3.8) is 0 Å². The molecular formula is C19H19BrClFN4O2. The molecule has 0 saturated carbocycles. The number of hydrogen-bond acceptors (Lipinski definition) is 5. The number of fused-ring (bicyclic) bond motifs is 1. The highest BCUT2D eigenvalue weighted by atomic mass is 79.9. The second-order valence-corrected chi connectivity index (χ2v) is 8.69. The van der Waals surface area contributed by atoms with Crippen LogP contribution in [0.4, 0.5) is 14.9 Å². The molecule has 1 aromatic heterocycles. The molecule has 2 heterocycles. The summed E-state index contributed by atoms with van der Waals surface area (Å²) in [6, 6.07) is 4.73. The van der Waals surface area contributed by atoms with E-state index < -0.39 is 11.4 Å². The first-order valence-electron chi connectivity index (χ1n) is 8.72. The van der Waals surface area contributed by atoms with E-state index in [1.807, 2.05) is 25.7 Å². The molecule has 0 bridgehead atoms. The van der Waals surface area contributed by atoms with E-state index in [1.165, 1.54) is 12.1 Å². The summed E-state index contributed by atoms with van der Waals surface area (Å²) in [5.41, 5.74) is 0.634. The molecule has 0 N–H and O–H groups in total. The molecule has 1 aromatic carbocycles. The van der Waals surface area contributed by atoms with Crippen LogP contribution in [0.15, 0.2) is 16.6 Å². The highest BCUT2D eigenvalue weighted by Gasteiger charge is 2.29. The Morgan fingerprint density at radius 3 is 2.54 bits per heavy atom. The zero-order chi connectivity index (χ0) is 20.6. The molecular weight excluding hydrogens is 451 g/mol. The van der Waals surface area contributed by atoms with Gasteiger partial charge in [0.1, 0.15) is 28.2 Å². The number of aromatic nitrogens is 1. The van der Waals surface area contributed by atoms with Crippen LogP contribution in [-0.4, -0.2) is 47.8 Å². The van der Waals surface area contributed by atoms with Crippen molar-refractivity contribution in [1.29, 1.82) is 5.26 Å². The van der Waals surface area contributed by atoms with Crippen LogP contribution < -0.4 is 4.90 Å². The number of nitrogens with zero attached hydrogens (tertiary/aromatic N) is 4. The summed E-state index contributed by atoms with van der Waals surface area (Å²) in [4.78, 5) is 20.1. The molecule has 1 saturated heterocycles. The summed E-state index contributed by atoms with van der Waals surface area (Å²) in [6.45, 7) is 7.19. The summed E-state index contributed by atoms with van der Waals surface area (Å²) in [7, 11) is 0. The number of hydrogen-bond donors (Lipinski definition) is 0. The zero-order valence-corrected chi connectivity index (χ0v) is 18.1. The maximum atomic E-state index is 14.0. The number of halogens is 3. The van der Waals surface area contributed by atoms with Crippen molar-refractivity contribution in [3.8, 4) is 6.07 Å². The molecule has 1 amide bonds. The van der Waals surface area contributed by atoms with E-state index in [1.54, 1.807) is 4.90 Å². The van der Waals surface area contributed by atoms with Crippen molar-refractivity contribution in [2.45, 2.75) is 26.4 Å². The minimum absolute atomic E-state index is 0.0619. The quantitative estimate of drug-likeness (QED) is 0.565. The van der Waals surface area contributed by atoms with Gasteiger partial charge < -0.3 is 14.5 Å². The predicted molar refractivity (Wildman–Crippen MR) is 109 cm³/mol. The van der Waals surface area contributed by atoms with Gasteiger partial charge in [-0.05, 0) is 48.8 Å². The fourth-order valence-corrected chi connectivity index (χ4v) is 3.85. The lowest BCUT2D eigenvalue weighted by Crippen LogP contribution is -2.50. The minimum Gasteiger partial charge on any atom is -0.444 e. The Labute approximate surface area is 175 Å². The molecule has 1 aliphatic heterocycles. The number of ether oxygens (including phenoxy) is 1. The van der Waals surface area contributed by atoms with Gasteiger partial charge >= 0.3 is 6.09 Å². The van der Waals surface area contributed by atoms with E-state index in [9.17, 15) is 14.4 Å². The molecule has 0 spiro atoms. The second-order valence-electron chi connectivity index (χ2n) is 7.48. The van der Waals surface area contributed by atoms with Gasteiger partial charge in [0.05, 0.1) is 11.2 Å². The number of piperazine rings is 1. The molecule has 2 aromatic rings. The van der Waals surface area contributed by atoms with E-state index in [0.29, 0.717) is 47.2 Å². The molecule has 0 unspecified atom stereocenters. The maximum Gasteiger partial charge on any atom is 0.410 e. The normalized spacial score (nSPS) is 14.9. The molecule has 0 radical (unpaired) electrons. The number of anilines is 1. The number of nitriles is 1. The standard InChI is InChI=1S/C19H19BrClFN4O2/c1-19(2,3)28-18(27)26-6-4-25(5-7-26)16-12-8-11(22)9-14(20)15(12)24-17(21)13(16)10-23/h8-9H,4-7H2,1-3H3. The largest absolute Gasteiger partial charge is 0.444 e. The maximum absolute atomic E-state index is 14.0. The van der Waals surface area contributed by atoms with Gasteiger partial charge in [0.25, 0.3) is 0 Å². The first kappa shape index (κ1) is 20.6. The molecule has 6 nitrogen and oxygen atoms in total. The lowest BCUT2D eigenvalue weighted by Gasteiger charge is -2.37. The van der Waals surface area contributed by atoms with E-state index in [2.05, 4.69) is 27.0 Å². The van der Waals surface area contributed by atoms with E-state index in [4.69, 9.17) is 16.3 Å². The Morgan fingerprint density at radius 1 is 1.32 bits per heavy atom. The van der Waals surface area contributed by atoms with Gasteiger partial charge in [-0.1, -0.05) is 11.6 Å². The van der Waals surface area contributed by atoms with E-state index >= 15 is 0 Å². The number of carbonyl (C=O) groups is 1. The Morgan fingerprint density at radius 2 is 1.96 bits per heavy atom. The summed E-state index contributed by atoms with van der Waals surface area (Å²) in [5.74, 6) is -0.443. The highest BCUT2D eigenvalue weighted by Crippen LogP contribution is 2.37. The molecule has 28 heavy (non-hydrogen) atoms. The van der Waals surface area contributed by atoms with Crippen molar-refractivity contribution in [2.75, 3.05) is 31.1 Å². The first-order chi connectivity index (χ1) is 13.1. The summed E-state index contributed by atoms with van der Waals surface area (Å²) in [6.07, 6.45) is -0.376. The third-order valence-corrected chi connectivity index (χ3v) is 5.17. The average molecular weight is 470 g/mol. The Balaban J connectivity index is 1.95. The summed E-state index contributed by atoms with van der Waals surface area (Å²) >= 11 is 9.54. The number of rotatable bonds is 1. The van der Waals surface area contributed by atoms with Gasteiger partial charge in [0.15, 0.2) is 0 Å². The van der Waals surface area contributed by atoms with Crippen molar-refractivity contribution in [1.82, 2.24) is 9.88 Å². The smallest absolute Gasteiger partial charge is 0.410 e. The fraction of sp³-hybridized carbons (Fsp3) is 0.421. The molecule has 0 atom stereocenters. The van der Waals surface area contributed by atoms with Crippen LogP contribution in [0.1, 0.15) is 26.3 Å². The van der Waals surface area contributed by atoms with Gasteiger partial charge in [0.2, 0.25) is 0 Å². The van der Waals surface area contributed by atoms with Crippen LogP contribution >= 0.6 is 27.5 Å². The predicted octanol–water partition coefficient (Wildman–Crippen LogP) is 4.72. The van der Waals surface area contributed by atoms with Crippen molar-refractivity contribution in [3.05, 3.63) is 33.1 Å². The molecule has 3 rings (SSSR count). The Kier molecular flexibility index (Phi) is 5.69. The first-order valence-corrected chi connectivity index (χ1v) is 9.89. The zero-order valence-electron chi connectivity index (χ0n) is 15.7. The third kappa shape index (κ3) is 4.15. The summed E-state index contributed by atoms with van der Waals surface area (Å²) in [5, 5.41) is 10.2. The molecule has 1 fully saturated rings. The van der Waals surface area contributed by atoms with Crippen molar-refractivity contribution >= 4 is 50.2 Å². The van der Waals surface area contributed by atoms with E-state index in [0.717, 1.165) is 0 Å². The van der Waals surface area contributed by atoms with Crippen LogP contribution in [0.5, 0.6) is 0 Å². The SMILES string of the molecule is CC(C)(C)OC(=O)N1CCN(c2c(C#N)c(Cl)nc3c(Br)cc(F)cc23)CC1. The third-order valence-electron chi connectivity index (χ3n) is 4.30. The molecule has 148 valence electrons.